The Morgan fingerprint density at radius 2 is 1.67 bits per heavy atom. The standard InChI is InChI=1S/C19H24ClN/c1-3-21-14-18(11-16-7-4-6-15(2)10-16)12-17-8-5-9-19(20)13-17/h4-10,13,18,21H,3,11-12,14H2,1-2H3. The molecule has 112 valence electrons. The molecule has 0 saturated heterocycles. The summed E-state index contributed by atoms with van der Waals surface area (Å²) in [6.07, 6.45) is 2.16. The van der Waals surface area contributed by atoms with Crippen LogP contribution in [-0.2, 0) is 12.8 Å². The van der Waals surface area contributed by atoms with Crippen LogP contribution in [0, 0.1) is 12.8 Å². The number of halogens is 1. The van der Waals surface area contributed by atoms with E-state index < -0.39 is 0 Å². The van der Waals surface area contributed by atoms with Crippen molar-refractivity contribution in [2.45, 2.75) is 26.7 Å². The van der Waals surface area contributed by atoms with Crippen molar-refractivity contribution in [2.24, 2.45) is 5.92 Å². The first-order chi connectivity index (χ1) is 10.2. The minimum atomic E-state index is 0.588. The van der Waals surface area contributed by atoms with Crippen molar-refractivity contribution < 1.29 is 0 Å². The first-order valence-corrected chi connectivity index (χ1v) is 8.06. The maximum Gasteiger partial charge on any atom is 0.0408 e. The molecule has 0 aromatic heterocycles. The minimum Gasteiger partial charge on any atom is -0.317 e. The zero-order valence-corrected chi connectivity index (χ0v) is 13.7. The van der Waals surface area contributed by atoms with Crippen molar-refractivity contribution >= 4 is 11.6 Å². The van der Waals surface area contributed by atoms with E-state index in [2.05, 4.69) is 55.6 Å². The average Bonchev–Trinajstić information content (AvgIpc) is 2.45. The van der Waals surface area contributed by atoms with Crippen LogP contribution in [0.3, 0.4) is 0 Å². The summed E-state index contributed by atoms with van der Waals surface area (Å²) in [5.74, 6) is 0.588. The maximum atomic E-state index is 6.10. The van der Waals surface area contributed by atoms with Gasteiger partial charge in [-0.2, -0.15) is 0 Å². The molecule has 0 aliphatic carbocycles. The molecule has 2 heteroatoms. The van der Waals surface area contributed by atoms with Gasteiger partial charge in [0.15, 0.2) is 0 Å². The fourth-order valence-electron chi connectivity index (χ4n) is 2.73. The Labute approximate surface area is 133 Å². The Hall–Kier alpha value is -1.31. The van der Waals surface area contributed by atoms with Crippen LogP contribution in [0.15, 0.2) is 48.5 Å². The third-order valence-corrected chi connectivity index (χ3v) is 3.94. The summed E-state index contributed by atoms with van der Waals surface area (Å²) in [6.45, 7) is 6.36. The van der Waals surface area contributed by atoms with Crippen LogP contribution in [0.1, 0.15) is 23.6 Å². The number of hydrogen-bond acceptors (Lipinski definition) is 1. The third-order valence-electron chi connectivity index (χ3n) is 3.70. The third kappa shape index (κ3) is 5.53. The number of hydrogen-bond donors (Lipinski definition) is 1. The highest BCUT2D eigenvalue weighted by molar-refractivity contribution is 6.30. The lowest BCUT2D eigenvalue weighted by molar-refractivity contribution is 0.478. The van der Waals surface area contributed by atoms with Crippen LogP contribution in [-0.4, -0.2) is 13.1 Å². The lowest BCUT2D eigenvalue weighted by atomic mass is 9.92. The van der Waals surface area contributed by atoms with Crippen LogP contribution in [0.2, 0.25) is 5.02 Å². The molecule has 0 aliphatic heterocycles. The van der Waals surface area contributed by atoms with Crippen LogP contribution >= 0.6 is 11.6 Å². The molecule has 0 saturated carbocycles. The molecule has 1 N–H and O–H groups in total. The second-order valence-corrected chi connectivity index (χ2v) is 6.14. The van der Waals surface area contributed by atoms with Crippen LogP contribution < -0.4 is 5.32 Å². The molecule has 2 aromatic rings. The van der Waals surface area contributed by atoms with Gasteiger partial charge in [0, 0.05) is 5.02 Å². The normalized spacial score (nSPS) is 12.3. The van der Waals surface area contributed by atoms with Crippen molar-refractivity contribution in [3.8, 4) is 0 Å². The molecule has 0 aliphatic rings. The summed E-state index contributed by atoms with van der Waals surface area (Å²) in [5, 5.41) is 4.31. The van der Waals surface area contributed by atoms with Crippen LogP contribution in [0.4, 0.5) is 0 Å². The zero-order chi connectivity index (χ0) is 15.1. The van der Waals surface area contributed by atoms with E-state index in [-0.39, 0.29) is 0 Å². The van der Waals surface area contributed by atoms with Crippen molar-refractivity contribution in [1.29, 1.82) is 0 Å². The summed E-state index contributed by atoms with van der Waals surface area (Å²) in [5.41, 5.74) is 4.07. The quantitative estimate of drug-likeness (QED) is 0.784. The second kappa shape index (κ2) is 8.21. The summed E-state index contributed by atoms with van der Waals surface area (Å²) in [6, 6.07) is 17.0. The first kappa shape index (κ1) is 16.1. The highest BCUT2D eigenvalue weighted by atomic mass is 35.5. The minimum absolute atomic E-state index is 0.588. The van der Waals surface area contributed by atoms with E-state index in [0.717, 1.165) is 31.0 Å². The number of aryl methyl sites for hydroxylation is 1. The molecule has 1 atom stereocenters. The smallest absolute Gasteiger partial charge is 0.0408 e. The van der Waals surface area contributed by atoms with E-state index >= 15 is 0 Å². The molecule has 0 bridgehead atoms. The molecule has 1 nitrogen and oxygen atoms in total. The van der Waals surface area contributed by atoms with E-state index in [1.807, 2.05) is 12.1 Å². The molecule has 0 radical (unpaired) electrons. The molecule has 2 aromatic carbocycles. The summed E-state index contributed by atoms with van der Waals surface area (Å²) in [4.78, 5) is 0. The van der Waals surface area contributed by atoms with Crippen molar-refractivity contribution in [1.82, 2.24) is 5.32 Å². The van der Waals surface area contributed by atoms with Gasteiger partial charge in [-0.05, 0) is 62.0 Å². The lowest BCUT2D eigenvalue weighted by Gasteiger charge is -2.18. The van der Waals surface area contributed by atoms with Gasteiger partial charge in [0.1, 0.15) is 0 Å². The van der Waals surface area contributed by atoms with Crippen molar-refractivity contribution in [3.05, 3.63) is 70.2 Å². The Kier molecular flexibility index (Phi) is 6.28. The highest BCUT2D eigenvalue weighted by Gasteiger charge is 2.11. The maximum absolute atomic E-state index is 6.10. The van der Waals surface area contributed by atoms with Crippen molar-refractivity contribution in [2.75, 3.05) is 13.1 Å². The SMILES string of the molecule is CCNCC(Cc1cccc(C)c1)Cc1cccc(Cl)c1. The van der Waals surface area contributed by atoms with Gasteiger partial charge in [0.05, 0.1) is 0 Å². The van der Waals surface area contributed by atoms with Crippen LogP contribution in [0.5, 0.6) is 0 Å². The predicted molar refractivity (Wildman–Crippen MR) is 92.1 cm³/mol. The number of benzene rings is 2. The van der Waals surface area contributed by atoms with E-state index in [9.17, 15) is 0 Å². The molecule has 1 unspecified atom stereocenters. The van der Waals surface area contributed by atoms with Crippen LogP contribution in [0.25, 0.3) is 0 Å². The number of rotatable bonds is 7. The van der Waals surface area contributed by atoms with Gasteiger partial charge >= 0.3 is 0 Å². The van der Waals surface area contributed by atoms with Gasteiger partial charge in [-0.1, -0.05) is 60.5 Å². The Balaban J connectivity index is 2.06. The largest absolute Gasteiger partial charge is 0.317 e. The van der Waals surface area contributed by atoms with Gasteiger partial charge in [-0.25, -0.2) is 0 Å². The van der Waals surface area contributed by atoms with Gasteiger partial charge < -0.3 is 5.32 Å². The molecule has 0 heterocycles. The van der Waals surface area contributed by atoms with Gasteiger partial charge in [-0.3, -0.25) is 0 Å². The van der Waals surface area contributed by atoms with Crippen molar-refractivity contribution in [3.63, 3.8) is 0 Å². The van der Waals surface area contributed by atoms with E-state index in [1.54, 1.807) is 0 Å². The Bertz CT molecular complexity index is 517. The fraction of sp³-hybridized carbons (Fsp3) is 0.368. The van der Waals surface area contributed by atoms with Gasteiger partial charge in [-0.15, -0.1) is 0 Å². The predicted octanol–water partition coefficient (Wildman–Crippen LogP) is 4.66. The summed E-state index contributed by atoms with van der Waals surface area (Å²) in [7, 11) is 0. The highest BCUT2D eigenvalue weighted by Crippen LogP contribution is 2.18. The topological polar surface area (TPSA) is 12.0 Å². The lowest BCUT2D eigenvalue weighted by Crippen LogP contribution is -2.25. The number of nitrogens with one attached hydrogen (secondary N) is 1. The van der Waals surface area contributed by atoms with Gasteiger partial charge in [0.25, 0.3) is 0 Å². The monoisotopic (exact) mass is 301 g/mol. The Morgan fingerprint density at radius 1 is 1.00 bits per heavy atom. The van der Waals surface area contributed by atoms with E-state index in [0.29, 0.717) is 5.92 Å². The average molecular weight is 302 g/mol. The van der Waals surface area contributed by atoms with Gasteiger partial charge in [0.2, 0.25) is 0 Å². The zero-order valence-electron chi connectivity index (χ0n) is 12.9. The molecule has 0 amide bonds. The molecule has 0 spiro atoms. The summed E-state index contributed by atoms with van der Waals surface area (Å²) < 4.78 is 0. The van der Waals surface area contributed by atoms with E-state index in [4.69, 9.17) is 11.6 Å². The van der Waals surface area contributed by atoms with E-state index in [1.165, 1.54) is 16.7 Å². The molecular weight excluding hydrogens is 278 g/mol. The Morgan fingerprint density at radius 3 is 2.29 bits per heavy atom. The molecule has 2 rings (SSSR count). The molecule has 21 heavy (non-hydrogen) atoms. The fourth-order valence-corrected chi connectivity index (χ4v) is 2.95. The summed E-state index contributed by atoms with van der Waals surface area (Å²) >= 11 is 6.10. The first-order valence-electron chi connectivity index (χ1n) is 7.68. The second-order valence-electron chi connectivity index (χ2n) is 5.70. The molecular formula is C19H24ClN. The molecule has 0 fully saturated rings.